The van der Waals surface area contributed by atoms with Crippen LogP contribution in [0.3, 0.4) is 0 Å². The molecule has 3 fully saturated rings. The largest absolute Gasteiger partial charge is 0.461 e. The van der Waals surface area contributed by atoms with Crippen LogP contribution in [-0.2, 0) is 14.3 Å². The lowest BCUT2D eigenvalue weighted by Gasteiger charge is -2.27. The number of rotatable bonds is 4. The molecule has 6 heteroatoms. The number of ether oxygens (including phenoxy) is 2. The van der Waals surface area contributed by atoms with E-state index in [0.29, 0.717) is 11.4 Å². The maximum absolute atomic E-state index is 12.9. The molecule has 6 atom stereocenters. The van der Waals surface area contributed by atoms with E-state index in [0.717, 1.165) is 12.2 Å². The van der Waals surface area contributed by atoms with Gasteiger partial charge in [-0.3, -0.25) is 9.59 Å². The van der Waals surface area contributed by atoms with Crippen molar-refractivity contribution in [3.8, 4) is 11.5 Å². The lowest BCUT2D eigenvalue weighted by molar-refractivity contribution is -0.145. The van der Waals surface area contributed by atoms with Crippen LogP contribution >= 0.6 is 15.9 Å². The van der Waals surface area contributed by atoms with Gasteiger partial charge in [0.05, 0.1) is 16.7 Å². The Kier molecular flexibility index (Phi) is 3.97. The van der Waals surface area contributed by atoms with E-state index in [2.05, 4.69) is 21.2 Å². The van der Waals surface area contributed by atoms with Gasteiger partial charge in [0.25, 0.3) is 0 Å². The molecule has 1 heterocycles. The average Bonchev–Trinajstić information content (AvgIpc) is 3.28. The van der Waals surface area contributed by atoms with Gasteiger partial charge < -0.3 is 14.8 Å². The third-order valence-electron chi connectivity index (χ3n) is 5.93. The van der Waals surface area contributed by atoms with Crippen LogP contribution < -0.4 is 10.1 Å². The van der Waals surface area contributed by atoms with Gasteiger partial charge in [-0.1, -0.05) is 34.1 Å². The molecule has 2 aliphatic carbocycles. The van der Waals surface area contributed by atoms with E-state index >= 15 is 0 Å². The molecule has 2 bridgehead atoms. The molecule has 1 N–H and O–H groups in total. The van der Waals surface area contributed by atoms with Gasteiger partial charge in [0.2, 0.25) is 5.91 Å². The van der Waals surface area contributed by atoms with E-state index in [1.54, 1.807) is 0 Å². The number of para-hydroxylation sites is 1. The summed E-state index contributed by atoms with van der Waals surface area (Å²) in [5, 5.41) is 2.96. The molecule has 2 aromatic rings. The van der Waals surface area contributed by atoms with Crippen LogP contribution in [0, 0.1) is 23.7 Å². The highest BCUT2D eigenvalue weighted by Gasteiger charge is 2.67. The van der Waals surface area contributed by atoms with Gasteiger partial charge in [0.1, 0.15) is 17.6 Å². The van der Waals surface area contributed by atoms with Crippen molar-refractivity contribution in [2.45, 2.75) is 17.4 Å². The van der Waals surface area contributed by atoms with E-state index in [1.807, 2.05) is 54.6 Å². The number of alkyl halides is 1. The van der Waals surface area contributed by atoms with Crippen LogP contribution in [0.4, 0.5) is 5.69 Å². The summed E-state index contributed by atoms with van der Waals surface area (Å²) < 4.78 is 11.2. The van der Waals surface area contributed by atoms with Gasteiger partial charge in [-0.2, -0.15) is 0 Å². The van der Waals surface area contributed by atoms with Crippen molar-refractivity contribution < 1.29 is 19.1 Å². The molecule has 5 rings (SSSR count). The maximum atomic E-state index is 12.9. The highest BCUT2D eigenvalue weighted by molar-refractivity contribution is 9.09. The Bertz CT molecular complexity index is 885. The van der Waals surface area contributed by atoms with E-state index in [-0.39, 0.29) is 46.5 Å². The Morgan fingerprint density at radius 3 is 2.48 bits per heavy atom. The van der Waals surface area contributed by atoms with Crippen LogP contribution in [0.1, 0.15) is 6.42 Å². The van der Waals surface area contributed by atoms with Crippen molar-refractivity contribution in [1.82, 2.24) is 0 Å². The fourth-order valence-corrected chi connectivity index (χ4v) is 5.83. The molecular formula is C21H18BrNO4. The first-order valence-electron chi connectivity index (χ1n) is 9.10. The van der Waals surface area contributed by atoms with Gasteiger partial charge in [-0.15, -0.1) is 0 Å². The average molecular weight is 428 g/mol. The van der Waals surface area contributed by atoms with Gasteiger partial charge >= 0.3 is 5.97 Å². The zero-order valence-electron chi connectivity index (χ0n) is 14.4. The Morgan fingerprint density at radius 2 is 1.74 bits per heavy atom. The van der Waals surface area contributed by atoms with E-state index < -0.39 is 0 Å². The fraction of sp³-hybridized carbons (Fsp3) is 0.333. The summed E-state index contributed by atoms with van der Waals surface area (Å²) in [6.07, 6.45) is 0.810. The van der Waals surface area contributed by atoms with Gasteiger partial charge in [0.15, 0.2) is 0 Å². The molecule has 0 spiro atoms. The minimum absolute atomic E-state index is 0.0639. The molecule has 5 nitrogen and oxygen atoms in total. The zero-order chi connectivity index (χ0) is 18.5. The van der Waals surface area contributed by atoms with Crippen LogP contribution in [-0.4, -0.2) is 22.8 Å². The predicted molar refractivity (Wildman–Crippen MR) is 103 cm³/mol. The van der Waals surface area contributed by atoms with Crippen LogP contribution in [0.25, 0.3) is 0 Å². The smallest absolute Gasteiger partial charge is 0.310 e. The topological polar surface area (TPSA) is 64.6 Å². The zero-order valence-corrected chi connectivity index (χ0v) is 16.0. The van der Waals surface area contributed by atoms with Gasteiger partial charge in [-0.05, 0) is 48.7 Å². The van der Waals surface area contributed by atoms with Crippen molar-refractivity contribution in [3.63, 3.8) is 0 Å². The number of anilines is 1. The van der Waals surface area contributed by atoms with Crippen molar-refractivity contribution in [2.24, 2.45) is 23.7 Å². The number of esters is 1. The van der Waals surface area contributed by atoms with Crippen molar-refractivity contribution in [1.29, 1.82) is 0 Å². The van der Waals surface area contributed by atoms with Crippen LogP contribution in [0.2, 0.25) is 0 Å². The Morgan fingerprint density at radius 1 is 1.04 bits per heavy atom. The summed E-state index contributed by atoms with van der Waals surface area (Å²) >= 11 is 3.64. The van der Waals surface area contributed by atoms with Crippen molar-refractivity contribution in [2.75, 3.05) is 5.32 Å². The molecule has 2 saturated carbocycles. The first-order chi connectivity index (χ1) is 13.1. The molecule has 0 radical (unpaired) electrons. The Hall–Kier alpha value is -2.34. The predicted octanol–water partition coefficient (Wildman–Crippen LogP) is 3.99. The molecule has 27 heavy (non-hydrogen) atoms. The number of carbonyl (C=O) groups is 2. The summed E-state index contributed by atoms with van der Waals surface area (Å²) in [5.41, 5.74) is 0.692. The summed E-state index contributed by atoms with van der Waals surface area (Å²) in [4.78, 5) is 25.1. The van der Waals surface area contributed by atoms with Crippen LogP contribution in [0.15, 0.2) is 54.6 Å². The fourth-order valence-electron chi connectivity index (χ4n) is 4.79. The standard InChI is InChI=1S/C21H18BrNO4/c22-18-14-10-15-17(21(25)27-19(15)18)16(14)20(24)23-11-6-8-13(9-7-11)26-12-4-2-1-3-5-12/h1-9,14-19H,10H2,(H,23,24)/t14-,15-,16-,17+,18-,19+/m1/s1. The van der Waals surface area contributed by atoms with E-state index in [1.165, 1.54) is 0 Å². The lowest BCUT2D eigenvalue weighted by atomic mass is 9.79. The second-order valence-electron chi connectivity index (χ2n) is 7.39. The number of nitrogens with one attached hydrogen (secondary N) is 1. The Labute approximate surface area is 165 Å². The van der Waals surface area contributed by atoms with Crippen LogP contribution in [0.5, 0.6) is 11.5 Å². The molecule has 0 unspecified atom stereocenters. The number of halogens is 1. The molecule has 0 aromatic heterocycles. The third kappa shape index (κ3) is 2.74. The first-order valence-corrected chi connectivity index (χ1v) is 10.0. The molecule has 2 aromatic carbocycles. The van der Waals surface area contributed by atoms with Gasteiger partial charge in [0, 0.05) is 11.6 Å². The number of hydrogen-bond acceptors (Lipinski definition) is 4. The minimum atomic E-state index is -0.328. The number of carbonyl (C=O) groups excluding carboxylic acids is 2. The highest BCUT2D eigenvalue weighted by Crippen LogP contribution is 2.60. The third-order valence-corrected chi connectivity index (χ3v) is 7.13. The normalized spacial score (nSPS) is 33.0. The summed E-state index contributed by atoms with van der Waals surface area (Å²) in [6, 6.07) is 16.8. The summed E-state index contributed by atoms with van der Waals surface area (Å²) in [7, 11) is 0. The molecule has 3 aliphatic rings. The molecular weight excluding hydrogens is 410 g/mol. The maximum Gasteiger partial charge on any atom is 0.310 e. The SMILES string of the molecule is O=C(Nc1ccc(Oc2ccccc2)cc1)[C@@H]1[C@H]2C[C@H]3[C@H](OC(=O)[C@@H]31)[C@@H]2Br. The monoisotopic (exact) mass is 427 g/mol. The lowest BCUT2D eigenvalue weighted by Crippen LogP contribution is -2.40. The van der Waals surface area contributed by atoms with E-state index in [9.17, 15) is 9.59 Å². The molecule has 1 amide bonds. The van der Waals surface area contributed by atoms with Crippen molar-refractivity contribution in [3.05, 3.63) is 54.6 Å². The molecule has 138 valence electrons. The number of fused-ring (bicyclic) bond motifs is 1. The number of hydrogen-bond donors (Lipinski definition) is 1. The minimum Gasteiger partial charge on any atom is -0.461 e. The first kappa shape index (κ1) is 16.8. The quantitative estimate of drug-likeness (QED) is 0.591. The number of benzene rings is 2. The Balaban J connectivity index is 1.28. The van der Waals surface area contributed by atoms with E-state index in [4.69, 9.17) is 9.47 Å². The molecule has 1 aliphatic heterocycles. The summed E-state index contributed by atoms with van der Waals surface area (Å²) in [6.45, 7) is 0. The number of amides is 1. The second-order valence-corrected chi connectivity index (χ2v) is 8.45. The highest BCUT2D eigenvalue weighted by atomic mass is 79.9. The molecule has 1 saturated heterocycles. The summed E-state index contributed by atoms with van der Waals surface area (Å²) in [5.74, 6) is 0.824. The van der Waals surface area contributed by atoms with Crippen molar-refractivity contribution >= 4 is 33.5 Å². The van der Waals surface area contributed by atoms with Gasteiger partial charge in [-0.25, -0.2) is 0 Å². The second kappa shape index (κ2) is 6.37.